The maximum absolute atomic E-state index is 12.1. The van der Waals surface area contributed by atoms with Crippen LogP contribution in [0, 0.1) is 0 Å². The highest BCUT2D eigenvalue weighted by Crippen LogP contribution is 2.19. The van der Waals surface area contributed by atoms with Gasteiger partial charge in [0, 0.05) is 25.4 Å². The van der Waals surface area contributed by atoms with Crippen molar-refractivity contribution in [1.82, 2.24) is 15.6 Å². The van der Waals surface area contributed by atoms with Crippen LogP contribution in [0.25, 0.3) is 0 Å². The van der Waals surface area contributed by atoms with E-state index in [1.54, 1.807) is 6.92 Å². The fourth-order valence-electron chi connectivity index (χ4n) is 1.62. The molecular weight excluding hydrogens is 354 g/mol. The van der Waals surface area contributed by atoms with Gasteiger partial charge in [-0.2, -0.15) is 26.3 Å². The van der Waals surface area contributed by atoms with E-state index in [1.165, 1.54) is 18.3 Å². The summed E-state index contributed by atoms with van der Waals surface area (Å²) < 4.78 is 77.3. The first-order valence-electron chi connectivity index (χ1n) is 7.32. The standard InChI is InChI=1S/C14H18F6N4O/c1-2-21-12(23-6-4-13(15,16)17)24-8-10-3-5-22-11(7-10)25-9-14(18,19)20/h3,5,7H,2,4,6,8-9H2,1H3,(H2,21,23,24). The number of pyridine rings is 1. The zero-order chi connectivity index (χ0) is 18.9. The molecule has 142 valence electrons. The SMILES string of the molecule is CCNC(=NCc1ccnc(OCC(F)(F)F)c1)NCCC(F)(F)F. The number of nitrogens with zero attached hydrogens (tertiary/aromatic N) is 2. The number of aromatic nitrogens is 1. The minimum atomic E-state index is -4.48. The van der Waals surface area contributed by atoms with Gasteiger partial charge in [0.15, 0.2) is 12.6 Å². The van der Waals surface area contributed by atoms with Crippen LogP contribution in [0.5, 0.6) is 5.88 Å². The lowest BCUT2D eigenvalue weighted by Gasteiger charge is -2.12. The maximum Gasteiger partial charge on any atom is 0.422 e. The predicted molar refractivity (Wildman–Crippen MR) is 79.3 cm³/mol. The molecule has 1 heterocycles. The minimum Gasteiger partial charge on any atom is -0.468 e. The first-order chi connectivity index (χ1) is 11.6. The zero-order valence-corrected chi connectivity index (χ0v) is 13.3. The molecule has 11 heteroatoms. The van der Waals surface area contributed by atoms with Crippen LogP contribution >= 0.6 is 0 Å². The lowest BCUT2D eigenvalue weighted by atomic mass is 10.3. The highest BCUT2D eigenvalue weighted by atomic mass is 19.4. The van der Waals surface area contributed by atoms with Gasteiger partial charge in [0.2, 0.25) is 5.88 Å². The summed E-state index contributed by atoms with van der Waals surface area (Å²) >= 11 is 0. The molecule has 1 aromatic heterocycles. The molecule has 1 rings (SSSR count). The van der Waals surface area contributed by atoms with Crippen LogP contribution < -0.4 is 15.4 Å². The molecule has 0 aliphatic carbocycles. The summed E-state index contributed by atoms with van der Waals surface area (Å²) in [5.74, 6) is -0.0404. The molecule has 0 aliphatic heterocycles. The minimum absolute atomic E-state index is 0.0340. The third kappa shape index (κ3) is 10.3. The summed E-state index contributed by atoms with van der Waals surface area (Å²) in [4.78, 5) is 7.73. The molecule has 1 aromatic rings. The summed E-state index contributed by atoms with van der Waals surface area (Å²) in [6.07, 6.45) is -8.50. The Morgan fingerprint density at radius 1 is 1.16 bits per heavy atom. The smallest absolute Gasteiger partial charge is 0.422 e. The molecular formula is C14H18F6N4O. The lowest BCUT2D eigenvalue weighted by Crippen LogP contribution is -2.38. The van der Waals surface area contributed by atoms with Crippen molar-refractivity contribution < 1.29 is 31.1 Å². The number of hydrogen-bond acceptors (Lipinski definition) is 3. The van der Waals surface area contributed by atoms with E-state index in [0.29, 0.717) is 12.1 Å². The van der Waals surface area contributed by atoms with Gasteiger partial charge in [-0.3, -0.25) is 0 Å². The average molecular weight is 372 g/mol. The van der Waals surface area contributed by atoms with E-state index in [4.69, 9.17) is 0 Å². The summed E-state index contributed by atoms with van der Waals surface area (Å²) in [6, 6.07) is 2.80. The second kappa shape index (κ2) is 9.33. The Morgan fingerprint density at radius 3 is 2.48 bits per heavy atom. The quantitative estimate of drug-likeness (QED) is 0.439. The molecule has 5 nitrogen and oxygen atoms in total. The number of nitrogens with one attached hydrogen (secondary N) is 2. The van der Waals surface area contributed by atoms with Gasteiger partial charge in [0.25, 0.3) is 0 Å². The predicted octanol–water partition coefficient (Wildman–Crippen LogP) is 3.03. The van der Waals surface area contributed by atoms with Gasteiger partial charge >= 0.3 is 12.4 Å². The molecule has 0 atom stereocenters. The van der Waals surface area contributed by atoms with Crippen LogP contribution in [-0.2, 0) is 6.54 Å². The zero-order valence-electron chi connectivity index (χ0n) is 13.3. The van der Waals surface area contributed by atoms with Crippen LogP contribution in [0.3, 0.4) is 0 Å². The highest BCUT2D eigenvalue weighted by Gasteiger charge is 2.28. The van der Waals surface area contributed by atoms with E-state index in [0.717, 1.165) is 0 Å². The molecule has 0 saturated heterocycles. The van der Waals surface area contributed by atoms with Crippen LogP contribution in [0.4, 0.5) is 26.3 Å². The number of alkyl halides is 6. The first-order valence-corrected chi connectivity index (χ1v) is 7.32. The van der Waals surface area contributed by atoms with Gasteiger partial charge in [0.05, 0.1) is 13.0 Å². The van der Waals surface area contributed by atoms with Gasteiger partial charge in [-0.1, -0.05) is 0 Å². The normalized spacial score (nSPS) is 12.8. The van der Waals surface area contributed by atoms with Crippen molar-refractivity contribution >= 4 is 5.96 Å². The summed E-state index contributed by atoms with van der Waals surface area (Å²) in [7, 11) is 0. The third-order valence-electron chi connectivity index (χ3n) is 2.65. The Balaban J connectivity index is 2.62. The van der Waals surface area contributed by atoms with Gasteiger partial charge in [0.1, 0.15) is 0 Å². The second-order valence-electron chi connectivity index (χ2n) is 4.89. The first kappa shape index (κ1) is 20.8. The van der Waals surface area contributed by atoms with Crippen molar-refractivity contribution in [3.8, 4) is 5.88 Å². The highest BCUT2D eigenvalue weighted by molar-refractivity contribution is 5.79. The van der Waals surface area contributed by atoms with Crippen molar-refractivity contribution in [3.05, 3.63) is 23.9 Å². The molecule has 0 bridgehead atoms. The monoisotopic (exact) mass is 372 g/mol. The number of rotatable bonds is 7. The van der Waals surface area contributed by atoms with Crippen molar-refractivity contribution in [2.75, 3.05) is 19.7 Å². The number of guanidine groups is 1. The van der Waals surface area contributed by atoms with Crippen molar-refractivity contribution in [1.29, 1.82) is 0 Å². The Hall–Kier alpha value is -2.20. The maximum atomic E-state index is 12.1. The van der Waals surface area contributed by atoms with Gasteiger partial charge < -0.3 is 15.4 Å². The molecule has 2 N–H and O–H groups in total. The Morgan fingerprint density at radius 2 is 1.88 bits per heavy atom. The van der Waals surface area contributed by atoms with Crippen LogP contribution in [-0.4, -0.2) is 43.0 Å². The van der Waals surface area contributed by atoms with Crippen molar-refractivity contribution in [3.63, 3.8) is 0 Å². The Labute approximate surface area is 140 Å². The van der Waals surface area contributed by atoms with Crippen LogP contribution in [0.1, 0.15) is 18.9 Å². The average Bonchev–Trinajstić information content (AvgIpc) is 2.49. The molecule has 0 aromatic carbocycles. The number of ether oxygens (including phenoxy) is 1. The fraction of sp³-hybridized carbons (Fsp3) is 0.571. The number of aliphatic imine (C=N–C) groups is 1. The molecule has 0 unspecified atom stereocenters. The fourth-order valence-corrected chi connectivity index (χ4v) is 1.62. The third-order valence-corrected chi connectivity index (χ3v) is 2.65. The van der Waals surface area contributed by atoms with Crippen molar-refractivity contribution in [2.24, 2.45) is 4.99 Å². The van der Waals surface area contributed by atoms with Crippen LogP contribution in [0.2, 0.25) is 0 Å². The van der Waals surface area contributed by atoms with Gasteiger partial charge in [-0.15, -0.1) is 0 Å². The molecule has 0 aliphatic rings. The van der Waals surface area contributed by atoms with E-state index < -0.39 is 25.4 Å². The van der Waals surface area contributed by atoms with E-state index in [1.807, 2.05) is 0 Å². The second-order valence-corrected chi connectivity index (χ2v) is 4.89. The molecule has 0 fully saturated rings. The molecule has 0 radical (unpaired) electrons. The van der Waals surface area contributed by atoms with E-state index in [9.17, 15) is 26.3 Å². The van der Waals surface area contributed by atoms with Gasteiger partial charge in [-0.05, 0) is 18.6 Å². The molecule has 0 amide bonds. The lowest BCUT2D eigenvalue weighted by molar-refractivity contribution is -0.154. The topological polar surface area (TPSA) is 58.5 Å². The summed E-state index contributed by atoms with van der Waals surface area (Å²) in [6.45, 7) is 0.414. The van der Waals surface area contributed by atoms with E-state index in [-0.39, 0.29) is 24.9 Å². The van der Waals surface area contributed by atoms with Crippen molar-refractivity contribution in [2.45, 2.75) is 32.2 Å². The largest absolute Gasteiger partial charge is 0.468 e. The molecule has 0 saturated carbocycles. The van der Waals surface area contributed by atoms with Gasteiger partial charge in [-0.25, -0.2) is 9.98 Å². The Kier molecular flexibility index (Phi) is 7.78. The van der Waals surface area contributed by atoms with E-state index >= 15 is 0 Å². The molecule has 0 spiro atoms. The summed E-state index contributed by atoms with van der Waals surface area (Å²) in [5, 5.41) is 5.31. The number of hydrogen-bond donors (Lipinski definition) is 2. The van der Waals surface area contributed by atoms with Crippen LogP contribution in [0.15, 0.2) is 23.3 Å². The Bertz CT molecular complexity index is 559. The summed E-state index contributed by atoms with van der Waals surface area (Å²) in [5.41, 5.74) is 0.500. The van der Waals surface area contributed by atoms with E-state index in [2.05, 4.69) is 25.3 Å². The molecule has 25 heavy (non-hydrogen) atoms. The number of halogens is 6.